The van der Waals surface area contributed by atoms with Crippen LogP contribution in [0, 0.1) is 0 Å². The van der Waals surface area contributed by atoms with Gasteiger partial charge in [-0.2, -0.15) is 0 Å². The Kier molecular flexibility index (Phi) is 4.77. The molecule has 0 spiro atoms. The number of primary amides is 1. The molecule has 1 heterocycles. The lowest BCUT2D eigenvalue weighted by Crippen LogP contribution is -2.46. The Morgan fingerprint density at radius 3 is 2.76 bits per heavy atom. The molecule has 1 atom stereocenters. The predicted octanol–water partition coefficient (Wildman–Crippen LogP) is 1.37. The Morgan fingerprint density at radius 1 is 1.43 bits per heavy atom. The van der Waals surface area contributed by atoms with Gasteiger partial charge in [-0.15, -0.1) is 11.8 Å². The van der Waals surface area contributed by atoms with Crippen molar-refractivity contribution in [1.29, 1.82) is 0 Å². The van der Waals surface area contributed by atoms with Crippen molar-refractivity contribution in [2.24, 2.45) is 5.73 Å². The fourth-order valence-corrected chi connectivity index (χ4v) is 3.86. The van der Waals surface area contributed by atoms with Crippen molar-refractivity contribution >= 4 is 29.3 Å². The van der Waals surface area contributed by atoms with E-state index in [9.17, 15) is 9.59 Å². The highest BCUT2D eigenvalue weighted by atomic mass is 32.2. The zero-order chi connectivity index (χ0) is 15.5. The first-order valence-corrected chi connectivity index (χ1v) is 7.95. The zero-order valence-electron chi connectivity index (χ0n) is 12.2. The van der Waals surface area contributed by atoms with E-state index in [1.165, 1.54) is 4.90 Å². The van der Waals surface area contributed by atoms with E-state index in [2.05, 4.69) is 0 Å². The van der Waals surface area contributed by atoms with Crippen molar-refractivity contribution < 1.29 is 9.59 Å². The van der Waals surface area contributed by atoms with E-state index in [1.54, 1.807) is 17.8 Å². The lowest BCUT2D eigenvalue weighted by Gasteiger charge is -2.30. The summed E-state index contributed by atoms with van der Waals surface area (Å²) in [4.78, 5) is 25.6. The second-order valence-electron chi connectivity index (χ2n) is 5.56. The smallest absolute Gasteiger partial charge is 0.239 e. The topological polar surface area (TPSA) is 89.4 Å². The van der Waals surface area contributed by atoms with Gasteiger partial charge in [-0.3, -0.25) is 9.59 Å². The SMILES string of the molecule is CC1(C(=O)N(CC(N)=O)Cc2cccc(N)c2)CCCS1. The van der Waals surface area contributed by atoms with Gasteiger partial charge in [-0.1, -0.05) is 12.1 Å². The van der Waals surface area contributed by atoms with E-state index in [4.69, 9.17) is 11.5 Å². The number of nitrogens with two attached hydrogens (primary N) is 2. The molecule has 6 heteroatoms. The van der Waals surface area contributed by atoms with Crippen molar-refractivity contribution in [3.63, 3.8) is 0 Å². The van der Waals surface area contributed by atoms with E-state index >= 15 is 0 Å². The van der Waals surface area contributed by atoms with Crippen LogP contribution in [-0.4, -0.2) is 33.8 Å². The third kappa shape index (κ3) is 3.91. The van der Waals surface area contributed by atoms with Crippen LogP contribution >= 0.6 is 11.8 Å². The molecule has 0 radical (unpaired) electrons. The summed E-state index contributed by atoms with van der Waals surface area (Å²) in [7, 11) is 0. The van der Waals surface area contributed by atoms with Crippen LogP contribution in [0.1, 0.15) is 25.3 Å². The first-order chi connectivity index (χ1) is 9.90. The molecule has 2 amide bonds. The first-order valence-electron chi connectivity index (χ1n) is 6.97. The van der Waals surface area contributed by atoms with Crippen molar-refractivity contribution in [3.8, 4) is 0 Å². The van der Waals surface area contributed by atoms with Gasteiger partial charge in [0, 0.05) is 12.2 Å². The normalized spacial score (nSPS) is 21.2. The molecule has 1 aliphatic heterocycles. The molecule has 1 unspecified atom stereocenters. The van der Waals surface area contributed by atoms with Crippen LogP contribution in [0.15, 0.2) is 24.3 Å². The van der Waals surface area contributed by atoms with Gasteiger partial charge in [0.05, 0.1) is 11.3 Å². The van der Waals surface area contributed by atoms with Gasteiger partial charge in [0.2, 0.25) is 11.8 Å². The average Bonchev–Trinajstić information content (AvgIpc) is 2.85. The molecule has 4 N–H and O–H groups in total. The highest BCUT2D eigenvalue weighted by Gasteiger charge is 2.40. The summed E-state index contributed by atoms with van der Waals surface area (Å²) in [6.07, 6.45) is 1.86. The van der Waals surface area contributed by atoms with Crippen molar-refractivity contribution in [2.75, 3.05) is 18.0 Å². The quantitative estimate of drug-likeness (QED) is 0.804. The second-order valence-corrected chi connectivity index (χ2v) is 7.15. The predicted molar refractivity (Wildman–Crippen MR) is 85.6 cm³/mol. The van der Waals surface area contributed by atoms with Gasteiger partial charge in [0.25, 0.3) is 0 Å². The molecule has 114 valence electrons. The minimum Gasteiger partial charge on any atom is -0.399 e. The molecule has 0 bridgehead atoms. The van der Waals surface area contributed by atoms with E-state index in [0.29, 0.717) is 12.2 Å². The Labute approximate surface area is 129 Å². The molecular formula is C15H21N3O2S. The molecule has 0 saturated carbocycles. The third-order valence-corrected chi connectivity index (χ3v) is 5.14. The number of rotatable bonds is 5. The molecule has 0 aromatic heterocycles. The highest BCUT2D eigenvalue weighted by Crippen LogP contribution is 2.39. The van der Waals surface area contributed by atoms with Crippen molar-refractivity contribution in [1.82, 2.24) is 4.90 Å². The molecule has 1 fully saturated rings. The van der Waals surface area contributed by atoms with Crippen LogP contribution in [0.3, 0.4) is 0 Å². The van der Waals surface area contributed by atoms with E-state index < -0.39 is 10.7 Å². The van der Waals surface area contributed by atoms with E-state index in [1.807, 2.05) is 25.1 Å². The molecule has 2 rings (SSSR count). The van der Waals surface area contributed by atoms with Crippen LogP contribution in [0.2, 0.25) is 0 Å². The van der Waals surface area contributed by atoms with Crippen LogP contribution in [0.4, 0.5) is 5.69 Å². The summed E-state index contributed by atoms with van der Waals surface area (Å²) < 4.78 is -0.449. The molecule has 1 saturated heterocycles. The minimum absolute atomic E-state index is 0.0220. The van der Waals surface area contributed by atoms with Gasteiger partial charge in [0.15, 0.2) is 0 Å². The van der Waals surface area contributed by atoms with E-state index in [-0.39, 0.29) is 12.5 Å². The summed E-state index contributed by atoms with van der Waals surface area (Å²) in [5.74, 6) is 0.454. The maximum absolute atomic E-state index is 12.8. The fourth-order valence-electron chi connectivity index (χ4n) is 2.58. The number of amides is 2. The summed E-state index contributed by atoms with van der Waals surface area (Å²) in [6, 6.07) is 7.33. The minimum atomic E-state index is -0.501. The Hall–Kier alpha value is -1.69. The van der Waals surface area contributed by atoms with Gasteiger partial charge < -0.3 is 16.4 Å². The average molecular weight is 307 g/mol. The summed E-state index contributed by atoms with van der Waals surface area (Å²) in [5, 5.41) is 0. The van der Waals surface area contributed by atoms with Crippen LogP contribution in [0.5, 0.6) is 0 Å². The second kappa shape index (κ2) is 6.39. The lowest BCUT2D eigenvalue weighted by molar-refractivity contribution is -0.137. The van der Waals surface area contributed by atoms with Gasteiger partial charge >= 0.3 is 0 Å². The maximum atomic E-state index is 12.8. The number of carbonyl (C=O) groups excluding carboxylic acids is 2. The molecule has 0 aliphatic carbocycles. The molecule has 1 aromatic carbocycles. The maximum Gasteiger partial charge on any atom is 0.239 e. The molecular weight excluding hydrogens is 286 g/mol. The molecule has 1 aromatic rings. The summed E-state index contributed by atoms with van der Waals surface area (Å²) in [6.45, 7) is 2.23. The largest absolute Gasteiger partial charge is 0.399 e. The summed E-state index contributed by atoms with van der Waals surface area (Å²) >= 11 is 1.65. The van der Waals surface area contributed by atoms with Crippen LogP contribution in [-0.2, 0) is 16.1 Å². The number of hydrogen-bond acceptors (Lipinski definition) is 4. The standard InChI is InChI=1S/C15H21N3O2S/c1-15(6-3-7-21-15)14(20)18(10-13(17)19)9-11-4-2-5-12(16)8-11/h2,4-5,8H,3,6-7,9-10,16H2,1H3,(H2,17,19). The summed E-state index contributed by atoms with van der Waals surface area (Å²) in [5.41, 5.74) is 12.6. The first kappa shape index (κ1) is 15.7. The number of anilines is 1. The van der Waals surface area contributed by atoms with Crippen LogP contribution < -0.4 is 11.5 Å². The van der Waals surface area contributed by atoms with Gasteiger partial charge in [0.1, 0.15) is 0 Å². The molecule has 21 heavy (non-hydrogen) atoms. The third-order valence-electron chi connectivity index (χ3n) is 3.63. The number of benzene rings is 1. The van der Waals surface area contributed by atoms with E-state index in [0.717, 1.165) is 24.2 Å². The van der Waals surface area contributed by atoms with Crippen LogP contribution in [0.25, 0.3) is 0 Å². The number of thioether (sulfide) groups is 1. The highest BCUT2D eigenvalue weighted by molar-refractivity contribution is 8.01. The monoisotopic (exact) mass is 307 g/mol. The fraction of sp³-hybridized carbons (Fsp3) is 0.467. The van der Waals surface area contributed by atoms with Crippen molar-refractivity contribution in [3.05, 3.63) is 29.8 Å². The van der Waals surface area contributed by atoms with Gasteiger partial charge in [-0.05, 0) is 43.2 Å². The number of nitrogens with zero attached hydrogens (tertiary/aromatic N) is 1. The van der Waals surface area contributed by atoms with Gasteiger partial charge in [-0.25, -0.2) is 0 Å². The number of nitrogen functional groups attached to an aromatic ring is 1. The number of hydrogen-bond donors (Lipinski definition) is 2. The van der Waals surface area contributed by atoms with Crippen molar-refractivity contribution in [2.45, 2.75) is 31.1 Å². The lowest BCUT2D eigenvalue weighted by atomic mass is 10.0. The Balaban J connectivity index is 2.17. The molecule has 5 nitrogen and oxygen atoms in total. The Bertz CT molecular complexity index is 541. The number of carbonyl (C=O) groups is 2. The zero-order valence-corrected chi connectivity index (χ0v) is 13.0. The molecule has 1 aliphatic rings. The Morgan fingerprint density at radius 2 is 2.19 bits per heavy atom.